The van der Waals surface area contributed by atoms with Crippen molar-refractivity contribution in [2.24, 2.45) is 0 Å². The molecule has 128 valence electrons. The Labute approximate surface area is 138 Å². The molecule has 0 radical (unpaired) electrons. The third kappa shape index (κ3) is 10.3. The molecule has 0 heterocycles. The number of ether oxygens (including phenoxy) is 1. The number of alkyl carbamates (subject to hydrolysis) is 1. The molecule has 0 saturated carbocycles. The van der Waals surface area contributed by atoms with Crippen molar-refractivity contribution in [1.82, 2.24) is 10.6 Å². The van der Waals surface area contributed by atoms with Crippen LogP contribution in [0.2, 0.25) is 0 Å². The smallest absolute Gasteiger partial charge is 0.407 e. The molecule has 0 saturated heterocycles. The van der Waals surface area contributed by atoms with Crippen molar-refractivity contribution in [3.8, 4) is 0 Å². The lowest BCUT2D eigenvalue weighted by Gasteiger charge is -2.07. The van der Waals surface area contributed by atoms with Crippen LogP contribution < -0.4 is 10.6 Å². The Kier molecular flexibility index (Phi) is 10.3. The van der Waals surface area contributed by atoms with E-state index in [4.69, 9.17) is 4.74 Å². The van der Waals surface area contributed by atoms with Crippen LogP contribution in [-0.2, 0) is 16.1 Å². The van der Waals surface area contributed by atoms with Crippen molar-refractivity contribution in [1.29, 1.82) is 0 Å². The van der Waals surface area contributed by atoms with E-state index in [1.165, 1.54) is 0 Å². The number of carbonyl (C=O) groups excluding carboxylic acids is 2. The molecule has 0 aliphatic rings. The Morgan fingerprint density at radius 2 is 1.61 bits per heavy atom. The van der Waals surface area contributed by atoms with E-state index in [-0.39, 0.29) is 12.0 Å². The molecule has 23 heavy (non-hydrogen) atoms. The monoisotopic (exact) mass is 320 g/mol. The Bertz CT molecular complexity index is 449. The fourth-order valence-corrected chi connectivity index (χ4v) is 2.21. The molecular formula is C18H28N2O3. The second kappa shape index (κ2) is 12.5. The number of carbonyl (C=O) groups is 2. The fourth-order valence-electron chi connectivity index (χ4n) is 2.21. The summed E-state index contributed by atoms with van der Waals surface area (Å²) in [6.07, 6.45) is 6.59. The molecule has 1 aromatic carbocycles. The lowest BCUT2D eigenvalue weighted by atomic mass is 10.1. The first-order valence-electron chi connectivity index (χ1n) is 8.37. The predicted octanol–water partition coefficient (Wildman–Crippen LogP) is 3.39. The molecule has 0 unspecified atom stereocenters. The van der Waals surface area contributed by atoms with Gasteiger partial charge in [-0.1, -0.05) is 56.0 Å². The summed E-state index contributed by atoms with van der Waals surface area (Å²) in [6.45, 7) is 0.948. The van der Waals surface area contributed by atoms with Crippen LogP contribution in [0.5, 0.6) is 0 Å². The third-order valence-electron chi connectivity index (χ3n) is 3.59. The maximum absolute atomic E-state index is 11.5. The number of unbranched alkanes of at least 4 members (excludes halogenated alkanes) is 5. The first kappa shape index (κ1) is 19.0. The third-order valence-corrected chi connectivity index (χ3v) is 3.59. The lowest BCUT2D eigenvalue weighted by molar-refractivity contribution is -0.120. The zero-order valence-corrected chi connectivity index (χ0v) is 14.0. The number of rotatable bonds is 11. The van der Waals surface area contributed by atoms with Gasteiger partial charge in [-0.3, -0.25) is 4.79 Å². The quantitative estimate of drug-likeness (QED) is 0.614. The Hall–Kier alpha value is -2.04. The van der Waals surface area contributed by atoms with Crippen molar-refractivity contribution >= 4 is 12.0 Å². The average molecular weight is 320 g/mol. The molecule has 0 aliphatic carbocycles. The molecule has 0 bridgehead atoms. The van der Waals surface area contributed by atoms with Gasteiger partial charge in [0, 0.05) is 20.0 Å². The fraction of sp³-hybridized carbons (Fsp3) is 0.556. The van der Waals surface area contributed by atoms with Gasteiger partial charge in [-0.2, -0.15) is 0 Å². The van der Waals surface area contributed by atoms with Crippen LogP contribution in [0.4, 0.5) is 4.79 Å². The van der Waals surface area contributed by atoms with Crippen LogP contribution in [0.1, 0.15) is 50.5 Å². The highest BCUT2D eigenvalue weighted by Crippen LogP contribution is 2.07. The number of nitrogens with one attached hydrogen (secondary N) is 2. The zero-order chi connectivity index (χ0) is 16.8. The van der Waals surface area contributed by atoms with Crippen molar-refractivity contribution < 1.29 is 14.3 Å². The van der Waals surface area contributed by atoms with Gasteiger partial charge < -0.3 is 15.4 Å². The summed E-state index contributed by atoms with van der Waals surface area (Å²) in [5.74, 6) is 0.114. The van der Waals surface area contributed by atoms with Crippen LogP contribution in [0.15, 0.2) is 30.3 Å². The largest absolute Gasteiger partial charge is 0.445 e. The molecule has 2 N–H and O–H groups in total. The van der Waals surface area contributed by atoms with Gasteiger partial charge in [0.2, 0.25) is 5.91 Å². The number of hydrogen-bond acceptors (Lipinski definition) is 3. The van der Waals surface area contributed by atoms with E-state index in [0.717, 1.165) is 44.1 Å². The standard InChI is InChI=1S/C18H28N2O3/c1-19-17(21)13-9-4-2-3-5-10-14-20-18(22)23-15-16-11-7-6-8-12-16/h6-8,11-12H,2-5,9-10,13-15H2,1H3,(H,19,21)(H,20,22). The summed E-state index contributed by atoms with van der Waals surface area (Å²) in [6, 6.07) is 9.63. The summed E-state index contributed by atoms with van der Waals surface area (Å²) < 4.78 is 5.13. The zero-order valence-electron chi connectivity index (χ0n) is 14.0. The Morgan fingerprint density at radius 3 is 2.30 bits per heavy atom. The first-order chi connectivity index (χ1) is 11.2. The van der Waals surface area contributed by atoms with Crippen LogP contribution >= 0.6 is 0 Å². The SMILES string of the molecule is CNC(=O)CCCCCCCCNC(=O)OCc1ccccc1. The Balaban J connectivity index is 1.88. The highest BCUT2D eigenvalue weighted by molar-refractivity contribution is 5.75. The molecule has 5 nitrogen and oxygen atoms in total. The number of amides is 2. The summed E-state index contributed by atoms with van der Waals surface area (Å²) in [4.78, 5) is 22.5. The van der Waals surface area contributed by atoms with E-state index in [2.05, 4.69) is 10.6 Å². The lowest BCUT2D eigenvalue weighted by Crippen LogP contribution is -2.25. The predicted molar refractivity (Wildman–Crippen MR) is 91.0 cm³/mol. The van der Waals surface area contributed by atoms with E-state index in [1.54, 1.807) is 7.05 Å². The molecule has 0 fully saturated rings. The highest BCUT2D eigenvalue weighted by Gasteiger charge is 2.01. The molecule has 0 spiro atoms. The van der Waals surface area contributed by atoms with E-state index in [9.17, 15) is 9.59 Å². The Morgan fingerprint density at radius 1 is 0.957 bits per heavy atom. The minimum Gasteiger partial charge on any atom is -0.445 e. The van der Waals surface area contributed by atoms with Crippen LogP contribution in [-0.4, -0.2) is 25.6 Å². The van der Waals surface area contributed by atoms with E-state index in [1.807, 2.05) is 30.3 Å². The van der Waals surface area contributed by atoms with Gasteiger partial charge in [-0.25, -0.2) is 4.79 Å². The minimum absolute atomic E-state index is 0.114. The van der Waals surface area contributed by atoms with Gasteiger partial charge in [0.05, 0.1) is 0 Å². The highest BCUT2D eigenvalue weighted by atomic mass is 16.5. The topological polar surface area (TPSA) is 67.4 Å². The molecule has 0 aliphatic heterocycles. The molecule has 1 rings (SSSR count). The molecular weight excluding hydrogens is 292 g/mol. The van der Waals surface area contributed by atoms with Crippen LogP contribution in [0, 0.1) is 0 Å². The molecule has 0 aromatic heterocycles. The second-order valence-corrected chi connectivity index (χ2v) is 5.53. The summed E-state index contributed by atoms with van der Waals surface area (Å²) >= 11 is 0. The minimum atomic E-state index is -0.362. The van der Waals surface area contributed by atoms with Gasteiger partial charge in [0.25, 0.3) is 0 Å². The molecule has 0 atom stereocenters. The van der Waals surface area contributed by atoms with E-state index >= 15 is 0 Å². The first-order valence-corrected chi connectivity index (χ1v) is 8.37. The van der Waals surface area contributed by atoms with Crippen LogP contribution in [0.3, 0.4) is 0 Å². The second-order valence-electron chi connectivity index (χ2n) is 5.53. The van der Waals surface area contributed by atoms with Gasteiger partial charge in [-0.05, 0) is 18.4 Å². The number of hydrogen-bond donors (Lipinski definition) is 2. The normalized spacial score (nSPS) is 10.1. The van der Waals surface area contributed by atoms with E-state index in [0.29, 0.717) is 19.6 Å². The van der Waals surface area contributed by atoms with Gasteiger partial charge in [-0.15, -0.1) is 0 Å². The number of benzene rings is 1. The van der Waals surface area contributed by atoms with Crippen molar-refractivity contribution in [2.45, 2.75) is 51.6 Å². The average Bonchev–Trinajstić information content (AvgIpc) is 2.59. The molecule has 1 aromatic rings. The van der Waals surface area contributed by atoms with Crippen molar-refractivity contribution in [2.75, 3.05) is 13.6 Å². The maximum atomic E-state index is 11.5. The summed E-state index contributed by atoms with van der Waals surface area (Å²) in [5.41, 5.74) is 0.986. The molecule has 5 heteroatoms. The maximum Gasteiger partial charge on any atom is 0.407 e. The van der Waals surface area contributed by atoms with Crippen molar-refractivity contribution in [3.05, 3.63) is 35.9 Å². The van der Waals surface area contributed by atoms with E-state index < -0.39 is 0 Å². The summed E-state index contributed by atoms with van der Waals surface area (Å²) in [7, 11) is 1.67. The van der Waals surface area contributed by atoms with Crippen LogP contribution in [0.25, 0.3) is 0 Å². The molecule has 2 amide bonds. The van der Waals surface area contributed by atoms with Gasteiger partial charge in [0.15, 0.2) is 0 Å². The van der Waals surface area contributed by atoms with Gasteiger partial charge >= 0.3 is 6.09 Å². The van der Waals surface area contributed by atoms with Crippen molar-refractivity contribution in [3.63, 3.8) is 0 Å². The van der Waals surface area contributed by atoms with Gasteiger partial charge in [0.1, 0.15) is 6.61 Å². The summed E-state index contributed by atoms with van der Waals surface area (Å²) in [5, 5.41) is 5.39.